The molecule has 0 spiro atoms. The predicted molar refractivity (Wildman–Crippen MR) is 87.5 cm³/mol. The molecule has 0 N–H and O–H groups in total. The molecule has 0 aromatic heterocycles. The molecule has 0 radical (unpaired) electrons. The van der Waals surface area contributed by atoms with Crippen LogP contribution in [-0.4, -0.2) is 40.7 Å². The summed E-state index contributed by atoms with van der Waals surface area (Å²) < 4.78 is 0. The van der Waals surface area contributed by atoms with Crippen LogP contribution in [0.1, 0.15) is 32.8 Å². The number of amides is 2. The summed E-state index contributed by atoms with van der Waals surface area (Å²) in [5, 5.41) is 0.642. The molecule has 120 valence electrons. The fourth-order valence-corrected chi connectivity index (χ4v) is 3.04. The fraction of sp³-hybridized carbons (Fsp3) is 0.529. The second-order valence-corrected chi connectivity index (χ2v) is 6.59. The predicted octanol–water partition coefficient (Wildman–Crippen LogP) is 2.95. The fourth-order valence-electron chi connectivity index (χ4n) is 2.82. The summed E-state index contributed by atoms with van der Waals surface area (Å²) in [7, 11) is 0. The number of benzene rings is 1. The Hall–Kier alpha value is -1.55. The first-order valence-electron chi connectivity index (χ1n) is 7.75. The highest BCUT2D eigenvalue weighted by Gasteiger charge is 2.38. The number of hydrogen-bond acceptors (Lipinski definition) is 2. The summed E-state index contributed by atoms with van der Waals surface area (Å²) in [6, 6.07) is 7.07. The molecule has 1 fully saturated rings. The number of hydrogen-bond donors (Lipinski definition) is 0. The third-order valence-corrected chi connectivity index (χ3v) is 4.17. The molecule has 1 saturated heterocycles. The van der Waals surface area contributed by atoms with E-state index in [9.17, 15) is 9.59 Å². The van der Waals surface area contributed by atoms with Gasteiger partial charge in [0.15, 0.2) is 0 Å². The van der Waals surface area contributed by atoms with E-state index in [0.717, 1.165) is 5.56 Å². The van der Waals surface area contributed by atoms with E-state index < -0.39 is 0 Å². The van der Waals surface area contributed by atoms with E-state index in [4.69, 9.17) is 11.6 Å². The van der Waals surface area contributed by atoms with Crippen molar-refractivity contribution in [2.24, 2.45) is 5.92 Å². The van der Waals surface area contributed by atoms with E-state index in [1.54, 1.807) is 15.9 Å². The zero-order valence-electron chi connectivity index (χ0n) is 13.4. The van der Waals surface area contributed by atoms with Crippen LogP contribution >= 0.6 is 11.6 Å². The molecule has 1 aromatic carbocycles. The topological polar surface area (TPSA) is 40.6 Å². The number of nitrogens with zero attached hydrogens (tertiary/aromatic N) is 2. The highest BCUT2D eigenvalue weighted by Crippen LogP contribution is 2.22. The average Bonchev–Trinajstić information content (AvgIpc) is 2.46. The molecule has 2 amide bonds. The van der Waals surface area contributed by atoms with Gasteiger partial charge in [0.05, 0.1) is 6.54 Å². The first kappa shape index (κ1) is 16.8. The second-order valence-electron chi connectivity index (χ2n) is 6.15. The van der Waals surface area contributed by atoms with Crippen molar-refractivity contribution in [1.29, 1.82) is 0 Å². The van der Waals surface area contributed by atoms with Crippen molar-refractivity contribution in [3.8, 4) is 0 Å². The van der Waals surface area contributed by atoms with Crippen molar-refractivity contribution in [3.63, 3.8) is 0 Å². The zero-order valence-corrected chi connectivity index (χ0v) is 14.1. The molecule has 0 bridgehead atoms. The molecule has 2 rings (SSSR count). The van der Waals surface area contributed by atoms with Gasteiger partial charge in [0, 0.05) is 18.1 Å². The number of carbonyl (C=O) groups is 2. The van der Waals surface area contributed by atoms with E-state index in [0.29, 0.717) is 30.5 Å². The van der Waals surface area contributed by atoms with Gasteiger partial charge in [-0.3, -0.25) is 9.59 Å². The lowest BCUT2D eigenvalue weighted by Crippen LogP contribution is -2.59. The van der Waals surface area contributed by atoms with Crippen molar-refractivity contribution in [1.82, 2.24) is 9.80 Å². The Morgan fingerprint density at radius 3 is 2.64 bits per heavy atom. The molecule has 0 unspecified atom stereocenters. The highest BCUT2D eigenvalue weighted by molar-refractivity contribution is 6.30. The van der Waals surface area contributed by atoms with Gasteiger partial charge in [-0.25, -0.2) is 0 Å². The van der Waals surface area contributed by atoms with Gasteiger partial charge in [0.2, 0.25) is 11.8 Å². The van der Waals surface area contributed by atoms with Crippen LogP contribution in [0.2, 0.25) is 5.02 Å². The van der Waals surface area contributed by atoms with Gasteiger partial charge in [-0.15, -0.1) is 0 Å². The number of piperazine rings is 1. The third kappa shape index (κ3) is 3.80. The van der Waals surface area contributed by atoms with Crippen molar-refractivity contribution < 1.29 is 9.59 Å². The van der Waals surface area contributed by atoms with Crippen molar-refractivity contribution in [2.75, 3.05) is 13.1 Å². The molecule has 1 aromatic rings. The van der Waals surface area contributed by atoms with Gasteiger partial charge in [0.1, 0.15) is 6.04 Å². The molecule has 0 aliphatic carbocycles. The number of halogens is 1. The normalized spacial score (nSPS) is 19.2. The van der Waals surface area contributed by atoms with Crippen LogP contribution in [0.5, 0.6) is 0 Å². The standard InChI is InChI=1S/C17H23ClN2O2/c1-4-19-11-16(21)20(15(17(19)22)8-12(2)3)10-13-6-5-7-14(18)9-13/h5-7,9,12,15H,4,8,10-11H2,1-3H3/t15-/m0/s1. The van der Waals surface area contributed by atoms with Crippen LogP contribution in [0.4, 0.5) is 0 Å². The van der Waals surface area contributed by atoms with Crippen LogP contribution < -0.4 is 0 Å². The minimum absolute atomic E-state index is 0.00655. The van der Waals surface area contributed by atoms with Crippen LogP contribution in [0.25, 0.3) is 0 Å². The van der Waals surface area contributed by atoms with E-state index in [-0.39, 0.29) is 24.4 Å². The van der Waals surface area contributed by atoms with Gasteiger partial charge in [0.25, 0.3) is 0 Å². The first-order valence-corrected chi connectivity index (χ1v) is 8.12. The molecular formula is C17H23ClN2O2. The summed E-state index contributed by atoms with van der Waals surface area (Å²) in [5.41, 5.74) is 0.951. The summed E-state index contributed by atoms with van der Waals surface area (Å²) in [5.74, 6) is 0.408. The van der Waals surface area contributed by atoms with Crippen molar-refractivity contribution in [3.05, 3.63) is 34.9 Å². The molecule has 1 aliphatic rings. The molecule has 1 heterocycles. The van der Waals surface area contributed by atoms with Gasteiger partial charge in [-0.1, -0.05) is 37.6 Å². The average molecular weight is 323 g/mol. The van der Waals surface area contributed by atoms with Crippen LogP contribution in [0.3, 0.4) is 0 Å². The van der Waals surface area contributed by atoms with Gasteiger partial charge < -0.3 is 9.80 Å². The third-order valence-electron chi connectivity index (χ3n) is 3.94. The van der Waals surface area contributed by atoms with Crippen LogP contribution in [0, 0.1) is 5.92 Å². The Morgan fingerprint density at radius 1 is 1.32 bits per heavy atom. The Morgan fingerprint density at radius 2 is 2.05 bits per heavy atom. The minimum atomic E-state index is -0.375. The first-order chi connectivity index (χ1) is 10.4. The van der Waals surface area contributed by atoms with Crippen molar-refractivity contribution >= 4 is 23.4 Å². The van der Waals surface area contributed by atoms with Crippen LogP contribution in [0.15, 0.2) is 24.3 Å². The number of rotatable bonds is 5. The lowest BCUT2D eigenvalue weighted by molar-refractivity contribution is -0.157. The number of carbonyl (C=O) groups excluding carboxylic acids is 2. The molecule has 1 atom stereocenters. The largest absolute Gasteiger partial charge is 0.332 e. The lowest BCUT2D eigenvalue weighted by atomic mass is 9.98. The SMILES string of the molecule is CCN1CC(=O)N(Cc2cccc(Cl)c2)[C@@H](CC(C)C)C1=O. The van der Waals surface area contributed by atoms with E-state index in [1.165, 1.54) is 0 Å². The number of likely N-dealkylation sites (N-methyl/N-ethyl adjacent to an activating group) is 1. The summed E-state index contributed by atoms with van der Waals surface area (Å²) in [6.07, 6.45) is 0.682. The van der Waals surface area contributed by atoms with Gasteiger partial charge in [-0.05, 0) is 37.0 Å². The van der Waals surface area contributed by atoms with Gasteiger partial charge >= 0.3 is 0 Å². The van der Waals surface area contributed by atoms with E-state index >= 15 is 0 Å². The van der Waals surface area contributed by atoms with Crippen LogP contribution in [-0.2, 0) is 16.1 Å². The zero-order chi connectivity index (χ0) is 16.3. The monoisotopic (exact) mass is 322 g/mol. The Kier molecular flexibility index (Phi) is 5.46. The molecule has 22 heavy (non-hydrogen) atoms. The molecular weight excluding hydrogens is 300 g/mol. The van der Waals surface area contributed by atoms with E-state index in [1.807, 2.05) is 25.1 Å². The maximum atomic E-state index is 12.6. The summed E-state index contributed by atoms with van der Waals surface area (Å²) >= 11 is 6.02. The summed E-state index contributed by atoms with van der Waals surface area (Å²) in [6.45, 7) is 7.22. The Bertz CT molecular complexity index is 559. The van der Waals surface area contributed by atoms with Gasteiger partial charge in [-0.2, -0.15) is 0 Å². The maximum absolute atomic E-state index is 12.6. The highest BCUT2D eigenvalue weighted by atomic mass is 35.5. The van der Waals surface area contributed by atoms with E-state index in [2.05, 4.69) is 13.8 Å². The Balaban J connectivity index is 2.25. The smallest absolute Gasteiger partial charge is 0.245 e. The quantitative estimate of drug-likeness (QED) is 0.836. The molecule has 1 aliphatic heterocycles. The molecule has 0 saturated carbocycles. The molecule has 5 heteroatoms. The Labute approximate surface area is 137 Å². The molecule has 4 nitrogen and oxygen atoms in total. The van der Waals surface area contributed by atoms with Crippen molar-refractivity contribution in [2.45, 2.75) is 39.8 Å². The maximum Gasteiger partial charge on any atom is 0.245 e. The second kappa shape index (κ2) is 7.14. The lowest BCUT2D eigenvalue weighted by Gasteiger charge is -2.40. The minimum Gasteiger partial charge on any atom is -0.332 e. The summed E-state index contributed by atoms with van der Waals surface area (Å²) in [4.78, 5) is 28.5.